The van der Waals surface area contributed by atoms with E-state index in [1.54, 1.807) is 13.2 Å². The van der Waals surface area contributed by atoms with Crippen molar-refractivity contribution in [1.82, 2.24) is 5.32 Å². The van der Waals surface area contributed by atoms with E-state index in [0.29, 0.717) is 16.7 Å². The van der Waals surface area contributed by atoms with E-state index in [0.717, 1.165) is 6.54 Å². The average molecular weight is 265 g/mol. The standard InChI is InChI=1S/C16H24FNO/c1-4-8-16(9-10-16)11-18-12(2)15-13(17)6-5-7-14(15)19-3/h5-7,12,18H,4,8-11H2,1-3H3. The molecule has 1 aliphatic rings. The smallest absolute Gasteiger partial charge is 0.131 e. The van der Waals surface area contributed by atoms with Crippen molar-refractivity contribution < 1.29 is 9.13 Å². The highest BCUT2D eigenvalue weighted by Crippen LogP contribution is 2.49. The highest BCUT2D eigenvalue weighted by molar-refractivity contribution is 5.36. The van der Waals surface area contributed by atoms with Gasteiger partial charge in [-0.3, -0.25) is 0 Å². The summed E-state index contributed by atoms with van der Waals surface area (Å²) in [5.41, 5.74) is 1.11. The normalized spacial score (nSPS) is 18.1. The van der Waals surface area contributed by atoms with Crippen LogP contribution in [0.25, 0.3) is 0 Å². The Morgan fingerprint density at radius 2 is 2.16 bits per heavy atom. The minimum atomic E-state index is -0.195. The van der Waals surface area contributed by atoms with Gasteiger partial charge in [0.1, 0.15) is 11.6 Å². The van der Waals surface area contributed by atoms with Gasteiger partial charge in [-0.1, -0.05) is 19.4 Å². The maximum Gasteiger partial charge on any atom is 0.131 e. The van der Waals surface area contributed by atoms with Crippen LogP contribution < -0.4 is 10.1 Å². The van der Waals surface area contributed by atoms with Crippen molar-refractivity contribution in [2.24, 2.45) is 5.41 Å². The summed E-state index contributed by atoms with van der Waals surface area (Å²) in [5, 5.41) is 3.48. The first-order valence-corrected chi connectivity index (χ1v) is 7.17. The first kappa shape index (κ1) is 14.3. The monoisotopic (exact) mass is 265 g/mol. The van der Waals surface area contributed by atoms with Crippen molar-refractivity contribution in [1.29, 1.82) is 0 Å². The molecule has 1 aromatic rings. The summed E-state index contributed by atoms with van der Waals surface area (Å²) < 4.78 is 19.2. The van der Waals surface area contributed by atoms with Crippen molar-refractivity contribution in [3.63, 3.8) is 0 Å². The Balaban J connectivity index is 2.02. The van der Waals surface area contributed by atoms with Crippen LogP contribution in [-0.4, -0.2) is 13.7 Å². The van der Waals surface area contributed by atoms with E-state index in [4.69, 9.17) is 4.74 Å². The van der Waals surface area contributed by atoms with Gasteiger partial charge in [-0.05, 0) is 43.7 Å². The molecule has 0 aromatic heterocycles. The summed E-state index contributed by atoms with van der Waals surface area (Å²) in [5.74, 6) is 0.431. The Bertz CT molecular complexity index is 429. The van der Waals surface area contributed by atoms with E-state index >= 15 is 0 Å². The van der Waals surface area contributed by atoms with Crippen LogP contribution in [0.5, 0.6) is 5.75 Å². The number of halogens is 1. The van der Waals surface area contributed by atoms with Crippen LogP contribution in [0.2, 0.25) is 0 Å². The number of methoxy groups -OCH3 is 1. The molecule has 0 bridgehead atoms. The molecule has 1 atom stereocenters. The molecule has 1 aliphatic carbocycles. The van der Waals surface area contributed by atoms with E-state index in [1.165, 1.54) is 31.7 Å². The number of hydrogen-bond donors (Lipinski definition) is 1. The summed E-state index contributed by atoms with van der Waals surface area (Å²) >= 11 is 0. The van der Waals surface area contributed by atoms with Gasteiger partial charge in [0, 0.05) is 18.2 Å². The van der Waals surface area contributed by atoms with Gasteiger partial charge in [0.25, 0.3) is 0 Å². The number of hydrogen-bond acceptors (Lipinski definition) is 2. The maximum atomic E-state index is 14.0. The molecule has 2 rings (SSSR count). The van der Waals surface area contributed by atoms with E-state index < -0.39 is 0 Å². The largest absolute Gasteiger partial charge is 0.496 e. The summed E-state index contributed by atoms with van der Waals surface area (Å²) in [7, 11) is 1.59. The number of nitrogens with one attached hydrogen (secondary N) is 1. The molecule has 0 heterocycles. The van der Waals surface area contributed by atoms with E-state index in [1.807, 2.05) is 13.0 Å². The van der Waals surface area contributed by atoms with Gasteiger partial charge in [-0.15, -0.1) is 0 Å². The Hall–Kier alpha value is -1.09. The third kappa shape index (κ3) is 3.27. The zero-order chi connectivity index (χ0) is 13.9. The average Bonchev–Trinajstić information content (AvgIpc) is 3.16. The predicted molar refractivity (Wildman–Crippen MR) is 75.9 cm³/mol. The molecule has 106 valence electrons. The van der Waals surface area contributed by atoms with Crippen LogP contribution in [0.1, 0.15) is 51.1 Å². The Morgan fingerprint density at radius 3 is 2.74 bits per heavy atom. The summed E-state index contributed by atoms with van der Waals surface area (Å²) in [6, 6.07) is 4.97. The molecule has 1 fully saturated rings. The summed E-state index contributed by atoms with van der Waals surface area (Å²) in [4.78, 5) is 0. The summed E-state index contributed by atoms with van der Waals surface area (Å²) in [6.07, 6.45) is 5.09. The minimum absolute atomic E-state index is 0.0227. The van der Waals surface area contributed by atoms with Crippen molar-refractivity contribution >= 4 is 0 Å². The van der Waals surface area contributed by atoms with Crippen molar-refractivity contribution in [3.05, 3.63) is 29.6 Å². The molecule has 1 N–H and O–H groups in total. The van der Waals surface area contributed by atoms with Gasteiger partial charge in [-0.25, -0.2) is 4.39 Å². The maximum absolute atomic E-state index is 14.0. The first-order chi connectivity index (χ1) is 9.12. The molecule has 0 radical (unpaired) electrons. The van der Waals surface area contributed by atoms with E-state index in [9.17, 15) is 4.39 Å². The molecule has 0 saturated heterocycles. The van der Waals surface area contributed by atoms with Gasteiger partial charge in [0.15, 0.2) is 0 Å². The lowest BCUT2D eigenvalue weighted by Crippen LogP contribution is -2.27. The molecule has 0 aliphatic heterocycles. The highest BCUT2D eigenvalue weighted by atomic mass is 19.1. The fraction of sp³-hybridized carbons (Fsp3) is 0.625. The first-order valence-electron chi connectivity index (χ1n) is 7.17. The molecule has 1 saturated carbocycles. The molecular weight excluding hydrogens is 241 g/mol. The molecule has 1 unspecified atom stereocenters. The SMILES string of the molecule is CCCC1(CNC(C)c2c(F)cccc2OC)CC1. The molecular formula is C16H24FNO. The molecule has 19 heavy (non-hydrogen) atoms. The zero-order valence-electron chi connectivity index (χ0n) is 12.1. The predicted octanol–water partition coefficient (Wildman–Crippen LogP) is 4.07. The third-order valence-electron chi connectivity index (χ3n) is 4.19. The van der Waals surface area contributed by atoms with Crippen LogP contribution in [0.3, 0.4) is 0 Å². The van der Waals surface area contributed by atoms with Crippen molar-refractivity contribution in [2.45, 2.75) is 45.6 Å². The van der Waals surface area contributed by atoms with E-state index in [-0.39, 0.29) is 11.9 Å². The Morgan fingerprint density at radius 1 is 1.42 bits per heavy atom. The Kier molecular flexibility index (Phi) is 4.46. The molecule has 3 heteroatoms. The van der Waals surface area contributed by atoms with Crippen LogP contribution in [-0.2, 0) is 0 Å². The third-order valence-corrected chi connectivity index (χ3v) is 4.19. The second kappa shape index (κ2) is 5.91. The fourth-order valence-electron chi connectivity index (χ4n) is 2.81. The van der Waals surface area contributed by atoms with Crippen LogP contribution in [0, 0.1) is 11.2 Å². The molecule has 0 spiro atoms. The van der Waals surface area contributed by atoms with Crippen LogP contribution in [0.15, 0.2) is 18.2 Å². The van der Waals surface area contributed by atoms with Gasteiger partial charge >= 0.3 is 0 Å². The zero-order valence-corrected chi connectivity index (χ0v) is 12.1. The van der Waals surface area contributed by atoms with E-state index in [2.05, 4.69) is 12.2 Å². The molecule has 0 amide bonds. The quantitative estimate of drug-likeness (QED) is 0.802. The van der Waals surface area contributed by atoms with Gasteiger partial charge in [0.2, 0.25) is 0 Å². The molecule has 2 nitrogen and oxygen atoms in total. The highest BCUT2D eigenvalue weighted by Gasteiger charge is 2.41. The van der Waals surface area contributed by atoms with Crippen LogP contribution in [0.4, 0.5) is 4.39 Å². The van der Waals surface area contributed by atoms with Gasteiger partial charge < -0.3 is 10.1 Å². The van der Waals surface area contributed by atoms with Crippen LogP contribution >= 0.6 is 0 Å². The van der Waals surface area contributed by atoms with Crippen molar-refractivity contribution in [2.75, 3.05) is 13.7 Å². The lowest BCUT2D eigenvalue weighted by atomic mass is 9.99. The number of ether oxygens (including phenoxy) is 1. The van der Waals surface area contributed by atoms with Gasteiger partial charge in [-0.2, -0.15) is 0 Å². The molecule has 1 aromatic carbocycles. The van der Waals surface area contributed by atoms with Crippen molar-refractivity contribution in [3.8, 4) is 5.75 Å². The lowest BCUT2D eigenvalue weighted by molar-refractivity contribution is 0.371. The second-order valence-corrected chi connectivity index (χ2v) is 5.71. The number of benzene rings is 1. The summed E-state index contributed by atoms with van der Waals surface area (Å²) in [6.45, 7) is 5.20. The topological polar surface area (TPSA) is 21.3 Å². The fourth-order valence-corrected chi connectivity index (χ4v) is 2.81. The second-order valence-electron chi connectivity index (χ2n) is 5.71. The lowest BCUT2D eigenvalue weighted by Gasteiger charge is -2.21. The minimum Gasteiger partial charge on any atom is -0.496 e. The Labute approximate surface area is 115 Å². The van der Waals surface area contributed by atoms with Gasteiger partial charge in [0.05, 0.1) is 7.11 Å². The number of rotatable bonds is 7.